The molecule has 0 aromatic carbocycles. The maximum absolute atomic E-state index is 12.2. The summed E-state index contributed by atoms with van der Waals surface area (Å²) in [6, 6.07) is 6.08. The van der Waals surface area contributed by atoms with E-state index in [1.165, 1.54) is 0 Å². The van der Waals surface area contributed by atoms with Crippen LogP contribution in [0.1, 0.15) is 45.7 Å². The minimum absolute atomic E-state index is 0.182. The lowest BCUT2D eigenvalue weighted by molar-refractivity contribution is 0.0183. The van der Waals surface area contributed by atoms with Gasteiger partial charge in [0.1, 0.15) is 27.4 Å². The molecule has 4 heterocycles. The first-order valence-electron chi connectivity index (χ1n) is 10.00. The molecule has 28 heavy (non-hydrogen) atoms. The van der Waals surface area contributed by atoms with Crippen LogP contribution in [0.4, 0.5) is 4.79 Å². The molecule has 1 saturated heterocycles. The van der Waals surface area contributed by atoms with E-state index in [9.17, 15) is 4.79 Å². The average molecular weight is 401 g/mol. The minimum Gasteiger partial charge on any atom is -0.444 e. The van der Waals surface area contributed by atoms with E-state index < -0.39 is 5.60 Å². The Bertz CT molecular complexity index is 970. The first-order valence-corrected chi connectivity index (χ1v) is 11.0. The van der Waals surface area contributed by atoms with Gasteiger partial charge in [-0.25, -0.2) is 14.8 Å². The van der Waals surface area contributed by atoms with Crippen molar-refractivity contribution in [2.75, 3.05) is 18.8 Å². The standard InChI is InChI=1S/C21H28N4O2S/c1-14-18-19(23-17-7-5-6-16(22-14)25(17)18)28-13-10-15-8-11-24(12-9-15)20(26)27-21(2,3)4/h5-7,15H,8-13H2,1-4H3. The van der Waals surface area contributed by atoms with Gasteiger partial charge in [-0.15, -0.1) is 11.8 Å². The molecule has 3 aromatic rings. The zero-order valence-corrected chi connectivity index (χ0v) is 17.9. The summed E-state index contributed by atoms with van der Waals surface area (Å²) in [5.41, 5.74) is 3.71. The van der Waals surface area contributed by atoms with E-state index in [1.807, 2.05) is 55.6 Å². The highest BCUT2D eigenvalue weighted by atomic mass is 32.2. The van der Waals surface area contributed by atoms with Crippen LogP contribution in [0.25, 0.3) is 16.8 Å². The minimum atomic E-state index is -0.429. The lowest BCUT2D eigenvalue weighted by Gasteiger charge is -2.33. The fourth-order valence-electron chi connectivity index (χ4n) is 3.84. The summed E-state index contributed by atoms with van der Waals surface area (Å²) in [5, 5.41) is 1.08. The Hall–Kier alpha value is -2.02. The van der Waals surface area contributed by atoms with Crippen molar-refractivity contribution in [3.8, 4) is 0 Å². The lowest BCUT2D eigenvalue weighted by Crippen LogP contribution is -2.41. The predicted molar refractivity (Wildman–Crippen MR) is 112 cm³/mol. The fourth-order valence-corrected chi connectivity index (χ4v) is 5.02. The van der Waals surface area contributed by atoms with Crippen molar-refractivity contribution in [1.82, 2.24) is 19.3 Å². The number of rotatable bonds is 4. The van der Waals surface area contributed by atoms with Crippen LogP contribution >= 0.6 is 11.8 Å². The van der Waals surface area contributed by atoms with Crippen LogP contribution in [-0.4, -0.2) is 49.8 Å². The highest BCUT2D eigenvalue weighted by Gasteiger charge is 2.27. The maximum atomic E-state index is 12.2. The van der Waals surface area contributed by atoms with E-state index in [4.69, 9.17) is 9.72 Å². The lowest BCUT2D eigenvalue weighted by atomic mass is 9.95. The van der Waals surface area contributed by atoms with Crippen molar-refractivity contribution in [2.24, 2.45) is 5.92 Å². The second-order valence-electron chi connectivity index (χ2n) is 8.59. The highest BCUT2D eigenvalue weighted by molar-refractivity contribution is 7.99. The van der Waals surface area contributed by atoms with Crippen LogP contribution in [0.2, 0.25) is 0 Å². The molecule has 150 valence electrons. The molecule has 1 aliphatic heterocycles. The number of nitrogens with zero attached hydrogens (tertiary/aromatic N) is 4. The SMILES string of the molecule is Cc1nc2cccc3nc(SCCC4CCN(C(=O)OC(C)(C)C)CC4)c1n23. The number of likely N-dealkylation sites (tertiary alicyclic amines) is 1. The van der Waals surface area contributed by atoms with Crippen molar-refractivity contribution in [3.05, 3.63) is 23.9 Å². The zero-order chi connectivity index (χ0) is 19.9. The Morgan fingerprint density at radius 1 is 1.21 bits per heavy atom. The molecule has 0 N–H and O–H groups in total. The normalized spacial score (nSPS) is 16.4. The van der Waals surface area contributed by atoms with E-state index in [0.29, 0.717) is 5.92 Å². The summed E-state index contributed by atoms with van der Waals surface area (Å²) in [7, 11) is 0. The predicted octanol–water partition coefficient (Wildman–Crippen LogP) is 4.76. The van der Waals surface area contributed by atoms with Crippen molar-refractivity contribution in [1.29, 1.82) is 0 Å². The summed E-state index contributed by atoms with van der Waals surface area (Å²) in [5.74, 6) is 1.69. The van der Waals surface area contributed by atoms with E-state index in [1.54, 1.807) is 0 Å². The van der Waals surface area contributed by atoms with Gasteiger partial charge in [0.25, 0.3) is 0 Å². The number of amides is 1. The third-order valence-corrected chi connectivity index (χ3v) is 6.25. The summed E-state index contributed by atoms with van der Waals surface area (Å²) in [4.78, 5) is 23.5. The number of carbonyl (C=O) groups excluding carboxylic acids is 1. The summed E-state index contributed by atoms with van der Waals surface area (Å²) in [6.07, 6.45) is 3.05. The number of thioether (sulfide) groups is 1. The first-order chi connectivity index (χ1) is 13.3. The molecule has 1 amide bonds. The quantitative estimate of drug-likeness (QED) is 0.591. The van der Waals surface area contributed by atoms with E-state index in [0.717, 1.165) is 65.6 Å². The van der Waals surface area contributed by atoms with Crippen LogP contribution < -0.4 is 0 Å². The van der Waals surface area contributed by atoms with Gasteiger partial charge in [0.05, 0.1) is 5.69 Å². The molecule has 0 spiro atoms. The number of pyridine rings is 1. The third-order valence-electron chi connectivity index (χ3n) is 5.25. The van der Waals surface area contributed by atoms with Gasteiger partial charge in [-0.3, -0.25) is 4.40 Å². The monoisotopic (exact) mass is 400 g/mol. The van der Waals surface area contributed by atoms with Crippen LogP contribution in [-0.2, 0) is 4.74 Å². The molecular formula is C21H28N4O2S. The number of aromatic nitrogens is 3. The van der Waals surface area contributed by atoms with Crippen molar-refractivity contribution >= 4 is 34.7 Å². The van der Waals surface area contributed by atoms with Crippen molar-refractivity contribution < 1.29 is 9.53 Å². The Morgan fingerprint density at radius 2 is 1.89 bits per heavy atom. The van der Waals surface area contributed by atoms with Gasteiger partial charge in [0, 0.05) is 13.1 Å². The maximum Gasteiger partial charge on any atom is 0.410 e. The molecule has 1 aliphatic rings. The van der Waals surface area contributed by atoms with Gasteiger partial charge in [-0.05, 0) is 70.8 Å². The first kappa shape index (κ1) is 19.3. The Balaban J connectivity index is 1.30. The van der Waals surface area contributed by atoms with Crippen LogP contribution in [0.3, 0.4) is 0 Å². The molecule has 0 aliphatic carbocycles. The van der Waals surface area contributed by atoms with Gasteiger partial charge in [0.2, 0.25) is 0 Å². The van der Waals surface area contributed by atoms with Gasteiger partial charge >= 0.3 is 6.09 Å². The smallest absolute Gasteiger partial charge is 0.410 e. The number of imidazole rings is 2. The van der Waals surface area contributed by atoms with Crippen LogP contribution in [0, 0.1) is 12.8 Å². The van der Waals surface area contributed by atoms with Crippen molar-refractivity contribution in [2.45, 2.75) is 57.6 Å². The molecule has 4 rings (SSSR count). The molecule has 0 bridgehead atoms. The van der Waals surface area contributed by atoms with Crippen LogP contribution in [0.5, 0.6) is 0 Å². The van der Waals surface area contributed by atoms with Gasteiger partial charge in [0.15, 0.2) is 0 Å². The molecule has 0 saturated carbocycles. The number of hydrogen-bond acceptors (Lipinski definition) is 5. The molecule has 0 unspecified atom stereocenters. The largest absolute Gasteiger partial charge is 0.444 e. The molecule has 0 radical (unpaired) electrons. The van der Waals surface area contributed by atoms with Crippen molar-refractivity contribution in [3.63, 3.8) is 0 Å². The summed E-state index contributed by atoms with van der Waals surface area (Å²) < 4.78 is 7.63. The molecule has 7 heteroatoms. The summed E-state index contributed by atoms with van der Waals surface area (Å²) in [6.45, 7) is 9.37. The van der Waals surface area contributed by atoms with Gasteiger partial charge in [-0.2, -0.15) is 0 Å². The number of aryl methyl sites for hydroxylation is 1. The third kappa shape index (κ3) is 3.90. The molecule has 0 atom stereocenters. The Kier molecular flexibility index (Phi) is 5.12. The number of carbonyl (C=O) groups is 1. The fraction of sp³-hybridized carbons (Fsp3) is 0.571. The molecule has 1 fully saturated rings. The Labute approximate surface area is 170 Å². The topological polar surface area (TPSA) is 59.7 Å². The van der Waals surface area contributed by atoms with E-state index in [-0.39, 0.29) is 6.09 Å². The molecular weight excluding hydrogens is 372 g/mol. The van der Waals surface area contributed by atoms with E-state index in [2.05, 4.69) is 16.3 Å². The Morgan fingerprint density at radius 3 is 2.57 bits per heavy atom. The van der Waals surface area contributed by atoms with Gasteiger partial charge < -0.3 is 9.64 Å². The molecule has 3 aromatic heterocycles. The molecule has 6 nitrogen and oxygen atoms in total. The highest BCUT2D eigenvalue weighted by Crippen LogP contribution is 2.31. The van der Waals surface area contributed by atoms with Crippen LogP contribution in [0.15, 0.2) is 23.2 Å². The number of piperidine rings is 1. The summed E-state index contributed by atoms with van der Waals surface area (Å²) >= 11 is 1.83. The zero-order valence-electron chi connectivity index (χ0n) is 17.1. The number of ether oxygens (including phenoxy) is 1. The second-order valence-corrected chi connectivity index (χ2v) is 9.67. The number of hydrogen-bond donors (Lipinski definition) is 0. The van der Waals surface area contributed by atoms with Gasteiger partial charge in [-0.1, -0.05) is 6.07 Å². The second kappa shape index (κ2) is 7.43. The van der Waals surface area contributed by atoms with E-state index >= 15 is 0 Å². The average Bonchev–Trinajstić information content (AvgIpc) is 3.16.